The molecular formula is C11H14Cl2O2. The summed E-state index contributed by atoms with van der Waals surface area (Å²) in [4.78, 5) is -0.481. The Bertz CT molecular complexity index is 285. The van der Waals surface area contributed by atoms with Crippen molar-refractivity contribution in [3.05, 3.63) is 29.8 Å². The third-order valence-corrected chi connectivity index (χ3v) is 2.31. The molecule has 0 radical (unpaired) electrons. The van der Waals surface area contributed by atoms with Crippen LogP contribution in [0, 0.1) is 0 Å². The number of hydrogen-bond donors (Lipinski definition) is 0. The molecule has 1 aromatic carbocycles. The fourth-order valence-electron chi connectivity index (χ4n) is 1.19. The molecule has 0 N–H and O–H groups in total. The Labute approximate surface area is 100 Å². The highest BCUT2D eigenvalue weighted by Gasteiger charge is 2.07. The van der Waals surface area contributed by atoms with Crippen molar-refractivity contribution in [2.24, 2.45) is 0 Å². The van der Waals surface area contributed by atoms with Crippen LogP contribution in [0.1, 0.15) is 18.6 Å². The summed E-state index contributed by atoms with van der Waals surface area (Å²) in [7, 11) is 1.64. The Kier molecular flexibility index (Phi) is 5.23. The predicted molar refractivity (Wildman–Crippen MR) is 62.9 cm³/mol. The summed E-state index contributed by atoms with van der Waals surface area (Å²) in [6.45, 7) is 2.29. The van der Waals surface area contributed by atoms with Gasteiger partial charge < -0.3 is 9.47 Å². The standard InChI is InChI=1S/C11H14Cl2O2/c1-8(15-7-11(12)13)9-3-5-10(14-2)6-4-9/h3-6,8,11H,7H2,1-2H3. The topological polar surface area (TPSA) is 18.5 Å². The summed E-state index contributed by atoms with van der Waals surface area (Å²) in [5, 5.41) is 0. The molecule has 0 fully saturated rings. The zero-order valence-corrected chi connectivity index (χ0v) is 10.3. The van der Waals surface area contributed by atoms with Gasteiger partial charge in [-0.25, -0.2) is 0 Å². The molecule has 0 spiro atoms. The highest BCUT2D eigenvalue weighted by molar-refractivity contribution is 6.44. The van der Waals surface area contributed by atoms with E-state index in [1.165, 1.54) is 0 Å². The molecule has 2 nitrogen and oxygen atoms in total. The first-order chi connectivity index (χ1) is 7.13. The Balaban J connectivity index is 2.54. The highest BCUT2D eigenvalue weighted by atomic mass is 35.5. The first kappa shape index (κ1) is 12.6. The zero-order valence-electron chi connectivity index (χ0n) is 8.74. The monoisotopic (exact) mass is 248 g/mol. The third-order valence-electron chi connectivity index (χ3n) is 2.06. The lowest BCUT2D eigenvalue weighted by atomic mass is 10.1. The van der Waals surface area contributed by atoms with Crippen molar-refractivity contribution >= 4 is 23.2 Å². The van der Waals surface area contributed by atoms with Crippen LogP contribution >= 0.6 is 23.2 Å². The average Bonchev–Trinajstić information content (AvgIpc) is 2.26. The number of rotatable bonds is 5. The van der Waals surface area contributed by atoms with Crippen LogP contribution < -0.4 is 4.74 Å². The van der Waals surface area contributed by atoms with Crippen molar-refractivity contribution in [3.8, 4) is 5.75 Å². The first-order valence-corrected chi connectivity index (χ1v) is 5.54. The van der Waals surface area contributed by atoms with E-state index in [-0.39, 0.29) is 6.10 Å². The van der Waals surface area contributed by atoms with Crippen LogP contribution in [0.5, 0.6) is 5.75 Å². The minimum Gasteiger partial charge on any atom is -0.497 e. The van der Waals surface area contributed by atoms with E-state index in [0.29, 0.717) is 6.61 Å². The molecule has 0 aliphatic carbocycles. The molecule has 0 saturated heterocycles. The summed E-state index contributed by atoms with van der Waals surface area (Å²) in [5.74, 6) is 0.832. The molecule has 1 aromatic rings. The maximum absolute atomic E-state index is 5.58. The van der Waals surface area contributed by atoms with E-state index in [9.17, 15) is 0 Å². The van der Waals surface area contributed by atoms with E-state index in [4.69, 9.17) is 32.7 Å². The Hall–Kier alpha value is -0.440. The second-order valence-corrected chi connectivity index (χ2v) is 4.42. The smallest absolute Gasteiger partial charge is 0.131 e. The van der Waals surface area contributed by atoms with Gasteiger partial charge in [-0.1, -0.05) is 12.1 Å². The van der Waals surface area contributed by atoms with E-state index in [2.05, 4.69) is 0 Å². The molecule has 0 saturated carbocycles. The van der Waals surface area contributed by atoms with Crippen molar-refractivity contribution in [2.45, 2.75) is 17.9 Å². The van der Waals surface area contributed by atoms with Crippen LogP contribution in [0.15, 0.2) is 24.3 Å². The number of hydrogen-bond acceptors (Lipinski definition) is 2. The molecule has 1 rings (SSSR count). The van der Waals surface area contributed by atoms with Gasteiger partial charge in [0.15, 0.2) is 0 Å². The average molecular weight is 249 g/mol. The number of ether oxygens (including phenoxy) is 2. The van der Waals surface area contributed by atoms with Gasteiger partial charge in [0.1, 0.15) is 10.6 Å². The number of halogens is 2. The van der Waals surface area contributed by atoms with E-state index in [0.717, 1.165) is 11.3 Å². The summed E-state index contributed by atoms with van der Waals surface area (Å²) < 4.78 is 10.5. The van der Waals surface area contributed by atoms with Crippen LogP contribution in [0.3, 0.4) is 0 Å². The van der Waals surface area contributed by atoms with Gasteiger partial charge in [0.25, 0.3) is 0 Å². The summed E-state index contributed by atoms with van der Waals surface area (Å²) in [6, 6.07) is 7.71. The molecule has 15 heavy (non-hydrogen) atoms. The molecule has 4 heteroatoms. The molecule has 0 bridgehead atoms. The Morgan fingerprint density at radius 3 is 2.27 bits per heavy atom. The maximum Gasteiger partial charge on any atom is 0.131 e. The molecule has 0 amide bonds. The molecule has 0 aromatic heterocycles. The van der Waals surface area contributed by atoms with Crippen LogP contribution in [0.2, 0.25) is 0 Å². The quantitative estimate of drug-likeness (QED) is 0.742. The van der Waals surface area contributed by atoms with Gasteiger partial charge in [-0.3, -0.25) is 0 Å². The van der Waals surface area contributed by atoms with Gasteiger partial charge >= 0.3 is 0 Å². The maximum atomic E-state index is 5.58. The fraction of sp³-hybridized carbons (Fsp3) is 0.455. The number of benzene rings is 1. The molecule has 1 unspecified atom stereocenters. The minimum atomic E-state index is -0.481. The Morgan fingerprint density at radius 1 is 1.20 bits per heavy atom. The summed E-state index contributed by atoms with van der Waals surface area (Å²) >= 11 is 11.2. The van der Waals surface area contributed by atoms with Crippen LogP contribution in [-0.4, -0.2) is 18.6 Å². The van der Waals surface area contributed by atoms with Gasteiger partial charge in [0, 0.05) is 0 Å². The van der Waals surface area contributed by atoms with Crippen molar-refractivity contribution < 1.29 is 9.47 Å². The summed E-state index contributed by atoms with van der Waals surface area (Å²) in [6.07, 6.45) is -0.0177. The first-order valence-electron chi connectivity index (χ1n) is 4.67. The van der Waals surface area contributed by atoms with Gasteiger partial charge in [-0.05, 0) is 24.6 Å². The molecule has 0 aliphatic rings. The lowest BCUT2D eigenvalue weighted by Gasteiger charge is -2.14. The lowest BCUT2D eigenvalue weighted by molar-refractivity contribution is 0.0738. The van der Waals surface area contributed by atoms with E-state index in [1.54, 1.807) is 7.11 Å². The molecule has 84 valence electrons. The second-order valence-electron chi connectivity index (χ2n) is 3.14. The van der Waals surface area contributed by atoms with Crippen LogP contribution in [-0.2, 0) is 4.74 Å². The van der Waals surface area contributed by atoms with E-state index >= 15 is 0 Å². The molecular weight excluding hydrogens is 235 g/mol. The van der Waals surface area contributed by atoms with Gasteiger partial charge in [-0.15, -0.1) is 23.2 Å². The highest BCUT2D eigenvalue weighted by Crippen LogP contribution is 2.20. The summed E-state index contributed by atoms with van der Waals surface area (Å²) in [5.41, 5.74) is 1.07. The van der Waals surface area contributed by atoms with Gasteiger partial charge in [-0.2, -0.15) is 0 Å². The van der Waals surface area contributed by atoms with E-state index in [1.807, 2.05) is 31.2 Å². The van der Waals surface area contributed by atoms with Gasteiger partial charge in [0.05, 0.1) is 19.8 Å². The number of methoxy groups -OCH3 is 1. The predicted octanol–water partition coefficient (Wildman–Crippen LogP) is 3.58. The Morgan fingerprint density at radius 2 is 1.80 bits per heavy atom. The minimum absolute atomic E-state index is 0.0177. The van der Waals surface area contributed by atoms with Crippen molar-refractivity contribution in [3.63, 3.8) is 0 Å². The molecule has 1 atom stereocenters. The normalized spacial score (nSPS) is 12.9. The van der Waals surface area contributed by atoms with Crippen LogP contribution in [0.25, 0.3) is 0 Å². The van der Waals surface area contributed by atoms with Crippen LogP contribution in [0.4, 0.5) is 0 Å². The fourth-order valence-corrected chi connectivity index (χ4v) is 1.33. The molecule has 0 aliphatic heterocycles. The zero-order chi connectivity index (χ0) is 11.3. The second kappa shape index (κ2) is 6.21. The third kappa shape index (κ3) is 4.29. The number of alkyl halides is 2. The van der Waals surface area contributed by atoms with Gasteiger partial charge in [0.2, 0.25) is 0 Å². The largest absolute Gasteiger partial charge is 0.497 e. The SMILES string of the molecule is COc1ccc(C(C)OCC(Cl)Cl)cc1. The molecule has 0 heterocycles. The van der Waals surface area contributed by atoms with E-state index < -0.39 is 4.84 Å². The lowest BCUT2D eigenvalue weighted by Crippen LogP contribution is -2.06. The van der Waals surface area contributed by atoms with Crippen molar-refractivity contribution in [1.82, 2.24) is 0 Å². The van der Waals surface area contributed by atoms with Crippen molar-refractivity contribution in [1.29, 1.82) is 0 Å². The van der Waals surface area contributed by atoms with Crippen molar-refractivity contribution in [2.75, 3.05) is 13.7 Å².